The minimum atomic E-state index is -0.164. The van der Waals surface area contributed by atoms with Gasteiger partial charge in [0.1, 0.15) is 12.4 Å². The number of fused-ring (bicyclic) bond motifs is 1. The van der Waals surface area contributed by atoms with Crippen molar-refractivity contribution in [3.63, 3.8) is 0 Å². The number of nitrogens with one attached hydrogen (secondary N) is 1. The number of nitrogens with zero attached hydrogens (tertiary/aromatic N) is 3. The van der Waals surface area contributed by atoms with Crippen molar-refractivity contribution >= 4 is 22.6 Å². The quantitative estimate of drug-likeness (QED) is 0.506. The van der Waals surface area contributed by atoms with E-state index in [-0.39, 0.29) is 11.3 Å². The fourth-order valence-corrected chi connectivity index (χ4v) is 3.86. The standard InChI is InChI=1S/C26H26N4O3/c1-3-9-19(4-2)28-24-17-23(31)21-18-27-25(33-15-14-29-13-8-12-26(29)32)16-22(21)30(24)20-10-6-5-7-11-20/h3-7,9-11,16-18,28H,1-2,8,12-15H2/b19-9+. The van der Waals surface area contributed by atoms with E-state index in [1.165, 1.54) is 12.3 Å². The summed E-state index contributed by atoms with van der Waals surface area (Å²) in [5, 5.41) is 3.74. The topological polar surface area (TPSA) is 76.5 Å². The van der Waals surface area contributed by atoms with Gasteiger partial charge in [-0.3, -0.25) is 14.2 Å². The van der Waals surface area contributed by atoms with Gasteiger partial charge in [-0.25, -0.2) is 4.98 Å². The predicted octanol–water partition coefficient (Wildman–Crippen LogP) is 4.05. The molecule has 1 saturated heterocycles. The number of pyridine rings is 2. The SMILES string of the molecule is C=C/C=C(\C=C)Nc1cc(=O)c2cnc(OCCN3CCCC3=O)cc2n1-c1ccccc1. The molecule has 3 heterocycles. The van der Waals surface area contributed by atoms with Crippen LogP contribution in [0, 0.1) is 0 Å². The van der Waals surface area contributed by atoms with Crippen molar-refractivity contribution in [3.05, 3.63) is 96.0 Å². The number of benzene rings is 1. The Morgan fingerprint density at radius 2 is 2.00 bits per heavy atom. The molecule has 168 valence electrons. The molecular weight excluding hydrogens is 416 g/mol. The number of anilines is 1. The van der Waals surface area contributed by atoms with Gasteiger partial charge < -0.3 is 15.0 Å². The number of carbonyl (C=O) groups is 1. The zero-order valence-electron chi connectivity index (χ0n) is 18.4. The van der Waals surface area contributed by atoms with Crippen LogP contribution >= 0.6 is 0 Å². The summed E-state index contributed by atoms with van der Waals surface area (Å²) in [4.78, 5) is 30.8. The minimum absolute atomic E-state index is 0.157. The Labute approximate surface area is 192 Å². The second-order valence-electron chi connectivity index (χ2n) is 7.62. The number of likely N-dealkylation sites (tertiary alicyclic amines) is 1. The Morgan fingerprint density at radius 3 is 2.70 bits per heavy atom. The van der Waals surface area contributed by atoms with Gasteiger partial charge in [-0.15, -0.1) is 0 Å². The third kappa shape index (κ3) is 4.87. The van der Waals surface area contributed by atoms with E-state index in [4.69, 9.17) is 4.74 Å². The first-order chi connectivity index (χ1) is 16.1. The molecule has 1 aliphatic rings. The summed E-state index contributed by atoms with van der Waals surface area (Å²) in [5.41, 5.74) is 2.06. The van der Waals surface area contributed by atoms with E-state index in [0.29, 0.717) is 47.9 Å². The highest BCUT2D eigenvalue weighted by Gasteiger charge is 2.20. The number of rotatable bonds is 9. The van der Waals surface area contributed by atoms with Gasteiger partial charge in [0.25, 0.3) is 0 Å². The largest absolute Gasteiger partial charge is 0.476 e. The lowest BCUT2D eigenvalue weighted by Gasteiger charge is -2.19. The Balaban J connectivity index is 1.75. The molecule has 3 aromatic rings. The van der Waals surface area contributed by atoms with Crippen LogP contribution in [0.25, 0.3) is 16.6 Å². The fourth-order valence-electron chi connectivity index (χ4n) is 3.86. The first kappa shape index (κ1) is 22.1. The third-order valence-electron chi connectivity index (χ3n) is 5.46. The molecule has 1 N–H and O–H groups in total. The van der Waals surface area contributed by atoms with Crippen LogP contribution in [0.2, 0.25) is 0 Å². The average Bonchev–Trinajstić information content (AvgIpc) is 3.24. The van der Waals surface area contributed by atoms with Gasteiger partial charge in [0.05, 0.1) is 17.4 Å². The van der Waals surface area contributed by atoms with Crippen molar-refractivity contribution in [2.45, 2.75) is 12.8 Å². The Bertz CT molecular complexity index is 1280. The van der Waals surface area contributed by atoms with Crippen LogP contribution in [-0.4, -0.2) is 40.1 Å². The number of hydrogen-bond donors (Lipinski definition) is 1. The van der Waals surface area contributed by atoms with E-state index < -0.39 is 0 Å². The highest BCUT2D eigenvalue weighted by atomic mass is 16.5. The van der Waals surface area contributed by atoms with Crippen molar-refractivity contribution < 1.29 is 9.53 Å². The summed E-state index contributed by atoms with van der Waals surface area (Å²) in [6, 6.07) is 13.0. The number of aromatic nitrogens is 2. The van der Waals surface area contributed by atoms with E-state index in [1.54, 1.807) is 29.2 Å². The van der Waals surface area contributed by atoms with Crippen LogP contribution in [0.15, 0.2) is 90.5 Å². The van der Waals surface area contributed by atoms with Crippen molar-refractivity contribution in [1.82, 2.24) is 14.5 Å². The van der Waals surface area contributed by atoms with Gasteiger partial charge in [0.2, 0.25) is 11.8 Å². The van der Waals surface area contributed by atoms with Crippen LogP contribution in [0.4, 0.5) is 5.82 Å². The first-order valence-electron chi connectivity index (χ1n) is 10.8. The van der Waals surface area contributed by atoms with Crippen molar-refractivity contribution in [1.29, 1.82) is 0 Å². The molecule has 0 saturated carbocycles. The number of hydrogen-bond acceptors (Lipinski definition) is 5. The van der Waals surface area contributed by atoms with Gasteiger partial charge in [-0.2, -0.15) is 0 Å². The van der Waals surface area contributed by atoms with Crippen LogP contribution in [0.5, 0.6) is 5.88 Å². The van der Waals surface area contributed by atoms with E-state index in [2.05, 4.69) is 23.5 Å². The van der Waals surface area contributed by atoms with Gasteiger partial charge in [-0.05, 0) is 30.7 Å². The molecule has 1 fully saturated rings. The average molecular weight is 443 g/mol. The van der Waals surface area contributed by atoms with Crippen LogP contribution < -0.4 is 15.5 Å². The summed E-state index contributed by atoms with van der Waals surface area (Å²) >= 11 is 0. The highest BCUT2D eigenvalue weighted by molar-refractivity contribution is 5.83. The number of para-hydroxylation sites is 1. The van der Waals surface area contributed by atoms with E-state index >= 15 is 0 Å². The second kappa shape index (κ2) is 9.99. The molecule has 4 rings (SSSR count). The maximum absolute atomic E-state index is 12.9. The monoisotopic (exact) mass is 442 g/mol. The van der Waals surface area contributed by atoms with Gasteiger partial charge in [0, 0.05) is 42.7 Å². The van der Waals surface area contributed by atoms with E-state index in [9.17, 15) is 9.59 Å². The molecule has 7 nitrogen and oxygen atoms in total. The predicted molar refractivity (Wildman–Crippen MR) is 131 cm³/mol. The molecule has 0 atom stereocenters. The molecular formula is C26H26N4O3. The smallest absolute Gasteiger partial charge is 0.222 e. The summed E-state index contributed by atoms with van der Waals surface area (Å²) in [6.07, 6.45) is 8.10. The molecule has 0 radical (unpaired) electrons. The molecule has 0 unspecified atom stereocenters. The maximum atomic E-state index is 12.9. The summed E-state index contributed by atoms with van der Waals surface area (Å²) in [6.45, 7) is 9.17. The van der Waals surface area contributed by atoms with Crippen LogP contribution in [0.3, 0.4) is 0 Å². The van der Waals surface area contributed by atoms with Crippen LogP contribution in [-0.2, 0) is 4.79 Å². The molecule has 0 aliphatic carbocycles. The number of amides is 1. The molecule has 7 heteroatoms. The molecule has 0 bridgehead atoms. The Morgan fingerprint density at radius 1 is 1.18 bits per heavy atom. The summed E-state index contributed by atoms with van der Waals surface area (Å²) in [7, 11) is 0. The van der Waals surface area contributed by atoms with Gasteiger partial charge in [-0.1, -0.05) is 37.4 Å². The summed E-state index contributed by atoms with van der Waals surface area (Å²) < 4.78 is 7.79. The molecule has 1 amide bonds. The van der Waals surface area contributed by atoms with Crippen molar-refractivity contribution in [3.8, 4) is 11.6 Å². The zero-order chi connectivity index (χ0) is 23.2. The fraction of sp³-hybridized carbons (Fsp3) is 0.192. The second-order valence-corrected chi connectivity index (χ2v) is 7.62. The Kier molecular flexibility index (Phi) is 6.69. The third-order valence-corrected chi connectivity index (χ3v) is 5.46. The molecule has 1 aliphatic heterocycles. The van der Waals surface area contributed by atoms with Crippen molar-refractivity contribution in [2.24, 2.45) is 0 Å². The molecule has 1 aromatic carbocycles. The first-order valence-corrected chi connectivity index (χ1v) is 10.8. The van der Waals surface area contributed by atoms with Crippen molar-refractivity contribution in [2.75, 3.05) is 25.0 Å². The maximum Gasteiger partial charge on any atom is 0.222 e. The highest BCUT2D eigenvalue weighted by Crippen LogP contribution is 2.25. The number of allylic oxidation sites excluding steroid dienone is 3. The number of carbonyl (C=O) groups excluding carboxylic acids is 1. The zero-order valence-corrected chi connectivity index (χ0v) is 18.4. The molecule has 33 heavy (non-hydrogen) atoms. The lowest BCUT2D eigenvalue weighted by atomic mass is 10.2. The van der Waals surface area contributed by atoms with E-state index in [1.807, 2.05) is 34.9 Å². The van der Waals surface area contributed by atoms with Gasteiger partial charge in [0.15, 0.2) is 5.43 Å². The Hall–Kier alpha value is -4.13. The number of ether oxygens (including phenoxy) is 1. The molecule has 0 spiro atoms. The normalized spacial score (nSPS) is 13.9. The summed E-state index contributed by atoms with van der Waals surface area (Å²) in [5.74, 6) is 1.12. The minimum Gasteiger partial charge on any atom is -0.476 e. The van der Waals surface area contributed by atoms with Gasteiger partial charge >= 0.3 is 0 Å². The van der Waals surface area contributed by atoms with Crippen LogP contribution in [0.1, 0.15) is 12.8 Å². The van der Waals surface area contributed by atoms with E-state index in [0.717, 1.165) is 18.7 Å². The lowest BCUT2D eigenvalue weighted by molar-refractivity contribution is -0.128. The molecule has 2 aromatic heterocycles. The lowest BCUT2D eigenvalue weighted by Crippen LogP contribution is -2.29.